The standard InChI is InChI=1S/C17H17FN2O/c1-11-4-2-7-15(18)16(11)20-17(21)14-6-3-5-12-10-19-9-8-13(12)14/h2-7,19H,8-10H2,1H3,(H,20,21). The highest BCUT2D eigenvalue weighted by molar-refractivity contribution is 6.06. The van der Waals surface area contributed by atoms with Crippen LogP contribution in [0.1, 0.15) is 27.0 Å². The molecule has 3 nitrogen and oxygen atoms in total. The van der Waals surface area contributed by atoms with Crippen LogP contribution in [0, 0.1) is 12.7 Å². The minimum Gasteiger partial charge on any atom is -0.319 e. The molecule has 4 heteroatoms. The van der Waals surface area contributed by atoms with Crippen LogP contribution in [-0.2, 0) is 13.0 Å². The third-order valence-electron chi connectivity index (χ3n) is 3.85. The largest absolute Gasteiger partial charge is 0.319 e. The molecule has 0 spiro atoms. The average molecular weight is 284 g/mol. The molecule has 1 amide bonds. The number of aryl methyl sites for hydroxylation is 1. The fraction of sp³-hybridized carbons (Fsp3) is 0.235. The summed E-state index contributed by atoms with van der Waals surface area (Å²) in [6.45, 7) is 3.41. The van der Waals surface area contributed by atoms with Gasteiger partial charge in [0.2, 0.25) is 0 Å². The lowest BCUT2D eigenvalue weighted by Crippen LogP contribution is -2.26. The Labute approximate surface area is 123 Å². The van der Waals surface area contributed by atoms with Crippen molar-refractivity contribution >= 4 is 11.6 Å². The summed E-state index contributed by atoms with van der Waals surface area (Å²) in [5.74, 6) is -0.656. The van der Waals surface area contributed by atoms with Crippen LogP contribution in [-0.4, -0.2) is 12.5 Å². The van der Waals surface area contributed by atoms with Crippen molar-refractivity contribution in [1.29, 1.82) is 0 Å². The van der Waals surface area contributed by atoms with Crippen molar-refractivity contribution in [3.05, 3.63) is 64.5 Å². The fourth-order valence-corrected chi connectivity index (χ4v) is 2.72. The van der Waals surface area contributed by atoms with Gasteiger partial charge < -0.3 is 10.6 Å². The molecule has 0 aromatic heterocycles. The third kappa shape index (κ3) is 2.67. The Morgan fingerprint density at radius 1 is 1.24 bits per heavy atom. The highest BCUT2D eigenvalue weighted by Crippen LogP contribution is 2.23. The number of fused-ring (bicyclic) bond motifs is 1. The molecule has 0 radical (unpaired) electrons. The second-order valence-corrected chi connectivity index (χ2v) is 5.26. The van der Waals surface area contributed by atoms with Crippen LogP contribution >= 0.6 is 0 Å². The molecule has 1 aliphatic heterocycles. The SMILES string of the molecule is Cc1cccc(F)c1NC(=O)c1cccc2c1CCNC2. The third-order valence-corrected chi connectivity index (χ3v) is 3.85. The Kier molecular flexibility index (Phi) is 3.71. The smallest absolute Gasteiger partial charge is 0.256 e. The molecule has 1 aliphatic rings. The van der Waals surface area contributed by atoms with Crippen molar-refractivity contribution in [1.82, 2.24) is 5.32 Å². The lowest BCUT2D eigenvalue weighted by atomic mass is 9.95. The van der Waals surface area contributed by atoms with E-state index >= 15 is 0 Å². The van der Waals surface area contributed by atoms with Crippen molar-refractivity contribution in [2.24, 2.45) is 0 Å². The second-order valence-electron chi connectivity index (χ2n) is 5.26. The predicted molar refractivity (Wildman–Crippen MR) is 80.9 cm³/mol. The molecule has 3 rings (SSSR count). The number of halogens is 1. The highest BCUT2D eigenvalue weighted by atomic mass is 19.1. The van der Waals surface area contributed by atoms with Crippen LogP contribution in [0.3, 0.4) is 0 Å². The summed E-state index contributed by atoms with van der Waals surface area (Å²) in [5, 5.41) is 5.99. The molecule has 0 saturated carbocycles. The predicted octanol–water partition coefficient (Wildman–Crippen LogP) is 3.03. The number of carbonyl (C=O) groups excluding carboxylic acids is 1. The number of benzene rings is 2. The summed E-state index contributed by atoms with van der Waals surface area (Å²) < 4.78 is 13.8. The molecular formula is C17H17FN2O. The molecule has 0 atom stereocenters. The molecule has 21 heavy (non-hydrogen) atoms. The van der Waals surface area contributed by atoms with Crippen molar-refractivity contribution < 1.29 is 9.18 Å². The molecule has 0 unspecified atom stereocenters. The zero-order valence-electron chi connectivity index (χ0n) is 11.9. The monoisotopic (exact) mass is 284 g/mol. The summed E-state index contributed by atoms with van der Waals surface area (Å²) in [5.41, 5.74) is 3.81. The number of hydrogen-bond donors (Lipinski definition) is 2. The van der Waals surface area contributed by atoms with Crippen LogP contribution in [0.4, 0.5) is 10.1 Å². The molecule has 0 bridgehead atoms. The molecule has 2 aromatic carbocycles. The molecule has 108 valence electrons. The van der Waals surface area contributed by atoms with E-state index in [-0.39, 0.29) is 11.6 Å². The van der Waals surface area contributed by atoms with Gasteiger partial charge in [0.05, 0.1) is 5.69 Å². The van der Waals surface area contributed by atoms with E-state index in [0.717, 1.165) is 36.2 Å². The summed E-state index contributed by atoms with van der Waals surface area (Å²) in [6.07, 6.45) is 0.815. The number of carbonyl (C=O) groups is 1. The maximum absolute atomic E-state index is 13.8. The Bertz CT molecular complexity index is 677. The van der Waals surface area contributed by atoms with Gasteiger partial charge in [-0.25, -0.2) is 4.39 Å². The topological polar surface area (TPSA) is 41.1 Å². The first-order chi connectivity index (χ1) is 10.2. The lowest BCUT2D eigenvalue weighted by Gasteiger charge is -2.20. The van der Waals surface area contributed by atoms with Crippen LogP contribution in [0.2, 0.25) is 0 Å². The van der Waals surface area contributed by atoms with E-state index in [2.05, 4.69) is 10.6 Å². The average Bonchev–Trinajstić information content (AvgIpc) is 2.50. The Hall–Kier alpha value is -2.20. The Morgan fingerprint density at radius 2 is 2.05 bits per heavy atom. The van der Waals surface area contributed by atoms with Gasteiger partial charge in [-0.05, 0) is 48.7 Å². The highest BCUT2D eigenvalue weighted by Gasteiger charge is 2.18. The van der Waals surface area contributed by atoms with Gasteiger partial charge in [-0.15, -0.1) is 0 Å². The molecular weight excluding hydrogens is 267 g/mol. The van der Waals surface area contributed by atoms with Gasteiger partial charge in [0.25, 0.3) is 5.91 Å². The van der Waals surface area contributed by atoms with Gasteiger partial charge in [0, 0.05) is 12.1 Å². The maximum atomic E-state index is 13.8. The minimum atomic E-state index is -0.408. The normalized spacial score (nSPS) is 13.6. The summed E-state index contributed by atoms with van der Waals surface area (Å²) in [7, 11) is 0. The van der Waals surface area contributed by atoms with E-state index in [9.17, 15) is 9.18 Å². The summed E-state index contributed by atoms with van der Waals surface area (Å²) >= 11 is 0. The van der Waals surface area contributed by atoms with E-state index in [1.807, 2.05) is 12.1 Å². The zero-order valence-corrected chi connectivity index (χ0v) is 11.9. The van der Waals surface area contributed by atoms with Crippen LogP contribution in [0.25, 0.3) is 0 Å². The first-order valence-electron chi connectivity index (χ1n) is 7.05. The van der Waals surface area contributed by atoms with Gasteiger partial charge in [-0.2, -0.15) is 0 Å². The molecule has 0 fully saturated rings. The second kappa shape index (κ2) is 5.66. The van der Waals surface area contributed by atoms with Gasteiger partial charge in [0.1, 0.15) is 5.82 Å². The van der Waals surface area contributed by atoms with Crippen molar-refractivity contribution in [2.75, 3.05) is 11.9 Å². The van der Waals surface area contributed by atoms with E-state index in [4.69, 9.17) is 0 Å². The maximum Gasteiger partial charge on any atom is 0.256 e. The van der Waals surface area contributed by atoms with E-state index in [1.54, 1.807) is 25.1 Å². The van der Waals surface area contributed by atoms with Crippen molar-refractivity contribution in [3.63, 3.8) is 0 Å². The number of amides is 1. The van der Waals surface area contributed by atoms with Gasteiger partial charge in [-0.3, -0.25) is 4.79 Å². The minimum absolute atomic E-state index is 0.248. The number of hydrogen-bond acceptors (Lipinski definition) is 2. The number of rotatable bonds is 2. The summed E-state index contributed by atoms with van der Waals surface area (Å²) in [4.78, 5) is 12.5. The number of para-hydroxylation sites is 1. The molecule has 2 N–H and O–H groups in total. The summed E-state index contributed by atoms with van der Waals surface area (Å²) in [6, 6.07) is 10.5. The van der Waals surface area contributed by atoms with Crippen molar-refractivity contribution in [3.8, 4) is 0 Å². The molecule has 0 saturated heterocycles. The van der Waals surface area contributed by atoms with Gasteiger partial charge in [0.15, 0.2) is 0 Å². The van der Waals surface area contributed by atoms with Gasteiger partial charge in [-0.1, -0.05) is 24.3 Å². The van der Waals surface area contributed by atoms with Crippen LogP contribution < -0.4 is 10.6 Å². The van der Waals surface area contributed by atoms with E-state index in [0.29, 0.717) is 5.56 Å². The number of nitrogens with one attached hydrogen (secondary N) is 2. The van der Waals surface area contributed by atoms with Gasteiger partial charge >= 0.3 is 0 Å². The van der Waals surface area contributed by atoms with E-state index in [1.165, 1.54) is 6.07 Å². The van der Waals surface area contributed by atoms with Crippen LogP contribution in [0.5, 0.6) is 0 Å². The lowest BCUT2D eigenvalue weighted by molar-refractivity contribution is 0.102. The Balaban J connectivity index is 1.93. The zero-order chi connectivity index (χ0) is 14.8. The fourth-order valence-electron chi connectivity index (χ4n) is 2.72. The molecule has 0 aliphatic carbocycles. The Morgan fingerprint density at radius 3 is 2.86 bits per heavy atom. The van der Waals surface area contributed by atoms with Crippen molar-refractivity contribution in [2.45, 2.75) is 19.9 Å². The first kappa shape index (κ1) is 13.8. The van der Waals surface area contributed by atoms with E-state index < -0.39 is 5.82 Å². The first-order valence-corrected chi connectivity index (χ1v) is 7.05. The molecule has 1 heterocycles. The molecule has 2 aromatic rings. The number of anilines is 1. The van der Waals surface area contributed by atoms with Crippen LogP contribution in [0.15, 0.2) is 36.4 Å². The quantitative estimate of drug-likeness (QED) is 0.890.